The van der Waals surface area contributed by atoms with Crippen LogP contribution in [0.5, 0.6) is 0 Å². The van der Waals surface area contributed by atoms with Gasteiger partial charge in [0.15, 0.2) is 0 Å². The molecule has 1 aromatic rings. The lowest BCUT2D eigenvalue weighted by Gasteiger charge is -2.36. The molecular weight excluding hydrogens is 242 g/mol. The van der Waals surface area contributed by atoms with Crippen LogP contribution in [-0.2, 0) is 6.42 Å². The van der Waals surface area contributed by atoms with Crippen LogP contribution in [0.1, 0.15) is 45.6 Å². The highest BCUT2D eigenvalue weighted by molar-refractivity contribution is 6.31. The Kier molecular flexibility index (Phi) is 4.03. The van der Waals surface area contributed by atoms with Crippen LogP contribution < -0.4 is 5.32 Å². The van der Waals surface area contributed by atoms with Gasteiger partial charge in [-0.25, -0.2) is 0 Å². The van der Waals surface area contributed by atoms with E-state index in [2.05, 4.69) is 38.2 Å². The van der Waals surface area contributed by atoms with Gasteiger partial charge in [0, 0.05) is 10.6 Å². The maximum absolute atomic E-state index is 6.31. The van der Waals surface area contributed by atoms with E-state index >= 15 is 0 Å². The van der Waals surface area contributed by atoms with Crippen LogP contribution in [0, 0.1) is 5.41 Å². The molecule has 1 aliphatic rings. The fraction of sp³-hybridized carbons (Fsp3) is 0.625. The summed E-state index contributed by atoms with van der Waals surface area (Å²) in [4.78, 5) is 0. The van der Waals surface area contributed by atoms with Gasteiger partial charge in [-0.3, -0.25) is 0 Å². The van der Waals surface area contributed by atoms with Crippen molar-refractivity contribution < 1.29 is 0 Å². The van der Waals surface area contributed by atoms with Crippen molar-refractivity contribution in [2.24, 2.45) is 5.41 Å². The molecule has 18 heavy (non-hydrogen) atoms. The molecule has 1 aliphatic heterocycles. The van der Waals surface area contributed by atoms with Crippen LogP contribution in [-0.4, -0.2) is 12.1 Å². The molecule has 1 unspecified atom stereocenters. The molecule has 0 spiro atoms. The second kappa shape index (κ2) is 5.22. The van der Waals surface area contributed by atoms with Gasteiger partial charge in [-0.1, -0.05) is 50.6 Å². The molecule has 1 N–H and O–H groups in total. The predicted octanol–water partition coefficient (Wildman–Crippen LogP) is 4.44. The summed E-state index contributed by atoms with van der Waals surface area (Å²) < 4.78 is 0. The first-order valence-electron chi connectivity index (χ1n) is 6.89. The van der Waals surface area contributed by atoms with Crippen LogP contribution in [0.15, 0.2) is 24.3 Å². The molecule has 2 rings (SSSR count). The Morgan fingerprint density at radius 1 is 1.28 bits per heavy atom. The predicted molar refractivity (Wildman–Crippen MR) is 79.2 cm³/mol. The molecule has 0 bridgehead atoms. The molecule has 1 nitrogen and oxygen atoms in total. The summed E-state index contributed by atoms with van der Waals surface area (Å²) in [6, 6.07) is 8.24. The molecule has 1 fully saturated rings. The minimum Gasteiger partial charge on any atom is -0.311 e. The number of rotatable bonds is 3. The lowest BCUT2D eigenvalue weighted by molar-refractivity contribution is 0.229. The van der Waals surface area contributed by atoms with Crippen LogP contribution >= 0.6 is 11.6 Å². The second-order valence-corrected chi connectivity index (χ2v) is 7.22. The Bertz CT molecular complexity index is 400. The molecule has 0 saturated carbocycles. The number of nitrogens with one attached hydrogen (secondary N) is 1. The molecule has 0 radical (unpaired) electrons. The number of hydrogen-bond acceptors (Lipinski definition) is 1. The third-order valence-electron chi connectivity index (χ3n) is 3.69. The highest BCUT2D eigenvalue weighted by atomic mass is 35.5. The third-order valence-corrected chi connectivity index (χ3v) is 4.06. The SMILES string of the molecule is CC(C)(C)CC1(Cc2ccccc2Cl)CCCN1. The maximum atomic E-state index is 6.31. The van der Waals surface area contributed by atoms with Crippen molar-refractivity contribution in [1.29, 1.82) is 0 Å². The number of halogens is 1. The van der Waals surface area contributed by atoms with Crippen molar-refractivity contribution in [3.05, 3.63) is 34.9 Å². The Balaban J connectivity index is 2.19. The molecule has 1 atom stereocenters. The zero-order valence-electron chi connectivity index (χ0n) is 11.7. The van der Waals surface area contributed by atoms with E-state index in [9.17, 15) is 0 Å². The first kappa shape index (κ1) is 13.9. The molecule has 1 heterocycles. The van der Waals surface area contributed by atoms with Gasteiger partial charge >= 0.3 is 0 Å². The van der Waals surface area contributed by atoms with Gasteiger partial charge in [0.25, 0.3) is 0 Å². The van der Waals surface area contributed by atoms with Crippen molar-refractivity contribution >= 4 is 11.6 Å². The molecule has 2 heteroatoms. The average Bonchev–Trinajstić information content (AvgIpc) is 2.67. The van der Waals surface area contributed by atoms with Crippen LogP contribution in [0.3, 0.4) is 0 Å². The average molecular weight is 266 g/mol. The van der Waals surface area contributed by atoms with Gasteiger partial charge in [-0.2, -0.15) is 0 Å². The van der Waals surface area contributed by atoms with Crippen LogP contribution in [0.25, 0.3) is 0 Å². The maximum Gasteiger partial charge on any atom is 0.0438 e. The molecule has 0 aromatic heterocycles. The van der Waals surface area contributed by atoms with Gasteiger partial charge in [-0.05, 0) is 49.3 Å². The summed E-state index contributed by atoms with van der Waals surface area (Å²) in [7, 11) is 0. The normalized spacial score (nSPS) is 24.4. The van der Waals surface area contributed by atoms with E-state index in [1.165, 1.54) is 24.8 Å². The summed E-state index contributed by atoms with van der Waals surface area (Å²) in [5.74, 6) is 0. The van der Waals surface area contributed by atoms with E-state index < -0.39 is 0 Å². The largest absolute Gasteiger partial charge is 0.311 e. The van der Waals surface area contributed by atoms with Gasteiger partial charge < -0.3 is 5.32 Å². The summed E-state index contributed by atoms with van der Waals surface area (Å²) >= 11 is 6.31. The summed E-state index contributed by atoms with van der Waals surface area (Å²) in [5, 5.41) is 4.65. The van der Waals surface area contributed by atoms with Gasteiger partial charge in [0.2, 0.25) is 0 Å². The first-order valence-corrected chi connectivity index (χ1v) is 7.27. The molecule has 0 aliphatic carbocycles. The smallest absolute Gasteiger partial charge is 0.0438 e. The highest BCUT2D eigenvalue weighted by Gasteiger charge is 2.37. The Morgan fingerprint density at radius 3 is 2.56 bits per heavy atom. The topological polar surface area (TPSA) is 12.0 Å². The first-order chi connectivity index (χ1) is 8.40. The van der Waals surface area contributed by atoms with Gasteiger partial charge in [-0.15, -0.1) is 0 Å². The molecule has 100 valence electrons. The molecule has 1 saturated heterocycles. The van der Waals surface area contributed by atoms with Crippen LogP contribution in [0.4, 0.5) is 0 Å². The van der Waals surface area contributed by atoms with E-state index in [-0.39, 0.29) is 5.54 Å². The Morgan fingerprint density at radius 2 is 2.00 bits per heavy atom. The lowest BCUT2D eigenvalue weighted by Crippen LogP contribution is -2.45. The van der Waals surface area contributed by atoms with Crippen molar-refractivity contribution in [1.82, 2.24) is 5.32 Å². The van der Waals surface area contributed by atoms with Crippen LogP contribution in [0.2, 0.25) is 5.02 Å². The summed E-state index contributed by atoms with van der Waals surface area (Å²) in [5.41, 5.74) is 1.86. The van der Waals surface area contributed by atoms with Gasteiger partial charge in [0.1, 0.15) is 0 Å². The van der Waals surface area contributed by atoms with Crippen molar-refractivity contribution in [2.45, 2.75) is 52.0 Å². The quantitative estimate of drug-likeness (QED) is 0.852. The molecular formula is C16H24ClN. The third kappa shape index (κ3) is 3.49. The molecule has 1 aromatic carbocycles. The zero-order chi connectivity index (χ0) is 13.2. The highest BCUT2D eigenvalue weighted by Crippen LogP contribution is 2.36. The molecule has 0 amide bonds. The van der Waals surface area contributed by atoms with E-state index in [1.54, 1.807) is 0 Å². The summed E-state index contributed by atoms with van der Waals surface area (Å²) in [6.07, 6.45) is 4.78. The number of benzene rings is 1. The monoisotopic (exact) mass is 265 g/mol. The minimum atomic E-state index is 0.239. The van der Waals surface area contributed by atoms with E-state index in [1.807, 2.05) is 12.1 Å². The zero-order valence-corrected chi connectivity index (χ0v) is 12.5. The van der Waals surface area contributed by atoms with Crippen molar-refractivity contribution in [3.63, 3.8) is 0 Å². The Labute approximate surface area is 116 Å². The van der Waals surface area contributed by atoms with Gasteiger partial charge in [0.05, 0.1) is 0 Å². The lowest BCUT2D eigenvalue weighted by atomic mass is 9.76. The fourth-order valence-corrected chi connectivity index (χ4v) is 3.46. The number of hydrogen-bond donors (Lipinski definition) is 1. The van der Waals surface area contributed by atoms with E-state index in [0.29, 0.717) is 5.41 Å². The van der Waals surface area contributed by atoms with E-state index in [4.69, 9.17) is 11.6 Å². The van der Waals surface area contributed by atoms with Crippen molar-refractivity contribution in [2.75, 3.05) is 6.54 Å². The Hall–Kier alpha value is -0.530. The fourth-order valence-electron chi connectivity index (χ4n) is 3.25. The van der Waals surface area contributed by atoms with Crippen molar-refractivity contribution in [3.8, 4) is 0 Å². The second-order valence-electron chi connectivity index (χ2n) is 6.82. The minimum absolute atomic E-state index is 0.239. The summed E-state index contributed by atoms with van der Waals surface area (Å²) in [6.45, 7) is 8.10. The van der Waals surface area contributed by atoms with E-state index in [0.717, 1.165) is 18.0 Å². The standard InChI is InChI=1S/C16H24ClN/c1-15(2,3)12-16(9-6-10-18-16)11-13-7-4-5-8-14(13)17/h4-5,7-8,18H,6,9-12H2,1-3H3.